The third-order valence-electron chi connectivity index (χ3n) is 5.25. The number of halogens is 1. The molecular weight excluding hydrogens is 402 g/mol. The van der Waals surface area contributed by atoms with E-state index in [-0.39, 0.29) is 0 Å². The molecule has 152 valence electrons. The van der Waals surface area contributed by atoms with Gasteiger partial charge in [0.2, 0.25) is 0 Å². The Labute approximate surface area is 181 Å². The van der Waals surface area contributed by atoms with Crippen LogP contribution in [0.25, 0.3) is 11.3 Å². The third kappa shape index (κ3) is 4.98. The molecule has 0 spiro atoms. The summed E-state index contributed by atoms with van der Waals surface area (Å²) in [7, 11) is 0. The van der Waals surface area contributed by atoms with Crippen molar-refractivity contribution >= 4 is 28.6 Å². The van der Waals surface area contributed by atoms with Gasteiger partial charge in [-0.3, -0.25) is 4.90 Å². The minimum absolute atomic E-state index is 0.728. The third-order valence-corrected chi connectivity index (χ3v) is 6.37. The molecule has 1 fully saturated rings. The summed E-state index contributed by atoms with van der Waals surface area (Å²) in [6.45, 7) is 9.84. The number of aryl methyl sites for hydroxylation is 2. The van der Waals surface area contributed by atoms with Crippen molar-refractivity contribution in [2.24, 2.45) is 4.99 Å². The van der Waals surface area contributed by atoms with E-state index >= 15 is 0 Å². The van der Waals surface area contributed by atoms with Crippen LogP contribution in [0.4, 0.5) is 5.69 Å². The molecule has 0 unspecified atom stereocenters. The van der Waals surface area contributed by atoms with Crippen molar-refractivity contribution < 1.29 is 4.74 Å². The molecular formula is C23H26ClN3OS. The topological polar surface area (TPSA) is 29.8 Å². The predicted octanol–water partition coefficient (Wildman–Crippen LogP) is 5.05. The first-order valence-electron chi connectivity index (χ1n) is 9.96. The summed E-state index contributed by atoms with van der Waals surface area (Å²) in [4.78, 5) is 8.39. The number of aromatic nitrogens is 1. The highest BCUT2D eigenvalue weighted by Crippen LogP contribution is 2.25. The smallest absolute Gasteiger partial charge is 0.190 e. The van der Waals surface area contributed by atoms with Crippen molar-refractivity contribution in [1.82, 2.24) is 9.47 Å². The average Bonchev–Trinajstić information content (AvgIpc) is 3.11. The molecule has 0 radical (unpaired) electrons. The fraction of sp³-hybridized carbons (Fsp3) is 0.348. The second-order valence-corrected chi connectivity index (χ2v) is 8.69. The number of hydrogen-bond acceptors (Lipinski definition) is 4. The quantitative estimate of drug-likeness (QED) is 0.570. The number of rotatable bonds is 5. The van der Waals surface area contributed by atoms with E-state index in [0.29, 0.717) is 0 Å². The lowest BCUT2D eigenvalue weighted by Crippen LogP contribution is -2.39. The summed E-state index contributed by atoms with van der Waals surface area (Å²) in [6, 6.07) is 14.4. The van der Waals surface area contributed by atoms with Crippen molar-refractivity contribution in [3.63, 3.8) is 0 Å². The zero-order valence-electron chi connectivity index (χ0n) is 16.9. The molecule has 1 aliphatic rings. The van der Waals surface area contributed by atoms with Gasteiger partial charge < -0.3 is 9.30 Å². The number of hydrogen-bond donors (Lipinski definition) is 0. The van der Waals surface area contributed by atoms with E-state index in [9.17, 15) is 0 Å². The van der Waals surface area contributed by atoms with Crippen LogP contribution < -0.4 is 4.80 Å². The average molecular weight is 428 g/mol. The molecule has 1 aliphatic heterocycles. The van der Waals surface area contributed by atoms with Crippen molar-refractivity contribution in [1.29, 1.82) is 0 Å². The summed E-state index contributed by atoms with van der Waals surface area (Å²) in [6.07, 6.45) is 0. The van der Waals surface area contributed by atoms with Gasteiger partial charge >= 0.3 is 0 Å². The lowest BCUT2D eigenvalue weighted by molar-refractivity contribution is 0.0363. The van der Waals surface area contributed by atoms with Crippen LogP contribution in [0.3, 0.4) is 0 Å². The lowest BCUT2D eigenvalue weighted by atomic mass is 10.0. The second-order valence-electron chi connectivity index (χ2n) is 7.42. The van der Waals surface area contributed by atoms with Gasteiger partial charge in [-0.15, -0.1) is 11.3 Å². The van der Waals surface area contributed by atoms with Crippen LogP contribution in [0.15, 0.2) is 52.8 Å². The Morgan fingerprint density at radius 1 is 1.03 bits per heavy atom. The number of benzene rings is 2. The van der Waals surface area contributed by atoms with Gasteiger partial charge in [0.05, 0.1) is 24.6 Å². The molecule has 2 aromatic carbocycles. The van der Waals surface area contributed by atoms with Gasteiger partial charge in [-0.25, -0.2) is 4.99 Å². The van der Waals surface area contributed by atoms with Crippen molar-refractivity contribution in [3.8, 4) is 11.3 Å². The summed E-state index contributed by atoms with van der Waals surface area (Å²) in [5.74, 6) is 0. The van der Waals surface area contributed by atoms with Gasteiger partial charge in [-0.1, -0.05) is 35.4 Å². The molecule has 0 saturated carbocycles. The van der Waals surface area contributed by atoms with E-state index in [1.165, 1.54) is 22.4 Å². The fourth-order valence-corrected chi connectivity index (χ4v) is 4.72. The minimum Gasteiger partial charge on any atom is -0.379 e. The predicted molar refractivity (Wildman–Crippen MR) is 121 cm³/mol. The molecule has 0 atom stereocenters. The molecule has 6 heteroatoms. The van der Waals surface area contributed by atoms with Crippen LogP contribution in [0.1, 0.15) is 11.1 Å². The van der Waals surface area contributed by atoms with E-state index in [1.807, 2.05) is 24.3 Å². The van der Waals surface area contributed by atoms with E-state index in [2.05, 4.69) is 46.9 Å². The Kier molecular flexibility index (Phi) is 6.50. The summed E-state index contributed by atoms with van der Waals surface area (Å²) < 4.78 is 7.85. The van der Waals surface area contributed by atoms with Gasteiger partial charge in [0, 0.05) is 42.1 Å². The Morgan fingerprint density at radius 3 is 2.52 bits per heavy atom. The summed E-state index contributed by atoms with van der Waals surface area (Å²) >= 11 is 7.73. The minimum atomic E-state index is 0.728. The summed E-state index contributed by atoms with van der Waals surface area (Å²) in [5, 5.41) is 2.96. The second kappa shape index (κ2) is 9.26. The van der Waals surface area contributed by atoms with Crippen LogP contribution in [-0.4, -0.2) is 42.3 Å². The van der Waals surface area contributed by atoms with Gasteiger partial charge in [0.25, 0.3) is 0 Å². The first-order valence-corrected chi connectivity index (χ1v) is 11.2. The van der Waals surface area contributed by atoms with E-state index in [1.54, 1.807) is 11.3 Å². The molecule has 0 amide bonds. The van der Waals surface area contributed by atoms with Crippen molar-refractivity contribution in [2.75, 3.05) is 32.8 Å². The van der Waals surface area contributed by atoms with Gasteiger partial charge in [0.15, 0.2) is 4.80 Å². The number of morpholine rings is 1. The molecule has 0 N–H and O–H groups in total. The SMILES string of the molecule is Cc1ccc(-c2csc(=Nc3ccc(Cl)cc3)n2CCN2CCOCC2)c(C)c1. The normalized spacial score (nSPS) is 15.8. The monoisotopic (exact) mass is 427 g/mol. The summed E-state index contributed by atoms with van der Waals surface area (Å²) in [5.41, 5.74) is 6.00. The van der Waals surface area contributed by atoms with Crippen molar-refractivity contribution in [3.05, 3.63) is 68.8 Å². The van der Waals surface area contributed by atoms with Gasteiger partial charge in [-0.2, -0.15) is 0 Å². The maximum atomic E-state index is 6.04. The number of nitrogens with zero attached hydrogens (tertiary/aromatic N) is 3. The van der Waals surface area contributed by atoms with E-state index < -0.39 is 0 Å². The molecule has 1 saturated heterocycles. The zero-order chi connectivity index (χ0) is 20.2. The molecule has 3 aromatic rings. The Bertz CT molecular complexity index is 1030. The molecule has 29 heavy (non-hydrogen) atoms. The maximum absolute atomic E-state index is 6.04. The highest BCUT2D eigenvalue weighted by Gasteiger charge is 2.14. The highest BCUT2D eigenvalue weighted by atomic mass is 35.5. The van der Waals surface area contributed by atoms with Crippen LogP contribution in [0, 0.1) is 13.8 Å². The standard InChI is InChI=1S/C23H26ClN3OS/c1-17-3-8-21(18(2)15-17)22-16-29-23(25-20-6-4-19(24)5-7-20)27(22)10-9-26-11-13-28-14-12-26/h3-8,15-16H,9-14H2,1-2H3. The highest BCUT2D eigenvalue weighted by molar-refractivity contribution is 7.07. The van der Waals surface area contributed by atoms with Crippen LogP contribution in [0.2, 0.25) is 5.02 Å². The molecule has 0 aliphatic carbocycles. The fourth-order valence-electron chi connectivity index (χ4n) is 3.64. The Hall–Kier alpha value is -1.92. The van der Waals surface area contributed by atoms with E-state index in [0.717, 1.165) is 54.9 Å². The van der Waals surface area contributed by atoms with Crippen LogP contribution in [0.5, 0.6) is 0 Å². The Morgan fingerprint density at radius 2 is 1.79 bits per heavy atom. The maximum Gasteiger partial charge on any atom is 0.190 e. The van der Waals surface area contributed by atoms with Crippen LogP contribution in [-0.2, 0) is 11.3 Å². The van der Waals surface area contributed by atoms with Crippen molar-refractivity contribution in [2.45, 2.75) is 20.4 Å². The molecule has 0 bridgehead atoms. The molecule has 1 aromatic heterocycles. The van der Waals surface area contributed by atoms with Gasteiger partial charge in [0.1, 0.15) is 0 Å². The molecule has 4 nitrogen and oxygen atoms in total. The van der Waals surface area contributed by atoms with Gasteiger partial charge in [-0.05, 0) is 43.7 Å². The zero-order valence-corrected chi connectivity index (χ0v) is 18.5. The van der Waals surface area contributed by atoms with E-state index in [4.69, 9.17) is 21.3 Å². The first-order chi connectivity index (χ1) is 14.1. The molecule has 2 heterocycles. The largest absolute Gasteiger partial charge is 0.379 e. The first kappa shape index (κ1) is 20.4. The Balaban J connectivity index is 1.72. The molecule has 4 rings (SSSR count). The van der Waals surface area contributed by atoms with Crippen LogP contribution >= 0.6 is 22.9 Å². The number of thiazole rings is 1. The number of ether oxygens (including phenoxy) is 1. The lowest BCUT2D eigenvalue weighted by Gasteiger charge is -2.27.